The number of nitrogens with one attached hydrogen (secondary N) is 2. The molecule has 1 aromatic rings. The van der Waals surface area contributed by atoms with Crippen LogP contribution >= 0.6 is 0 Å². The summed E-state index contributed by atoms with van der Waals surface area (Å²) in [5.41, 5.74) is 0.870. The summed E-state index contributed by atoms with van der Waals surface area (Å²) in [6, 6.07) is 0. The van der Waals surface area contributed by atoms with Gasteiger partial charge in [0, 0.05) is 24.1 Å². The van der Waals surface area contributed by atoms with E-state index in [1.165, 1.54) is 0 Å². The first-order valence-corrected chi connectivity index (χ1v) is 6.80. The first-order valence-electron chi connectivity index (χ1n) is 6.80. The van der Waals surface area contributed by atoms with Crippen LogP contribution in [0.15, 0.2) is 0 Å². The number of anilines is 2. The molecule has 1 heterocycles. The van der Waals surface area contributed by atoms with E-state index in [2.05, 4.69) is 41.4 Å². The van der Waals surface area contributed by atoms with Gasteiger partial charge in [-0.1, -0.05) is 20.8 Å². The molecule has 108 valence electrons. The third kappa shape index (κ3) is 4.35. The van der Waals surface area contributed by atoms with Crippen LogP contribution in [0.1, 0.15) is 46.0 Å². The monoisotopic (exact) mass is 266 g/mol. The van der Waals surface area contributed by atoms with E-state index >= 15 is 0 Å². The van der Waals surface area contributed by atoms with E-state index in [1.807, 2.05) is 13.8 Å². The van der Waals surface area contributed by atoms with Crippen LogP contribution in [-0.2, 0) is 5.41 Å². The highest BCUT2D eigenvalue weighted by atomic mass is 16.3. The minimum Gasteiger partial charge on any atom is -0.392 e. The van der Waals surface area contributed by atoms with Crippen LogP contribution in [0.2, 0.25) is 0 Å². The minimum atomic E-state index is -0.407. The average molecular weight is 266 g/mol. The Morgan fingerprint density at radius 3 is 2.11 bits per heavy atom. The molecule has 0 amide bonds. The molecule has 0 spiro atoms. The van der Waals surface area contributed by atoms with E-state index < -0.39 is 6.10 Å². The van der Waals surface area contributed by atoms with Crippen LogP contribution in [0, 0.1) is 6.92 Å². The Labute approximate surface area is 115 Å². The molecule has 0 aliphatic heterocycles. The van der Waals surface area contributed by atoms with Crippen molar-refractivity contribution < 1.29 is 5.11 Å². The molecule has 0 aromatic carbocycles. The lowest BCUT2D eigenvalue weighted by molar-refractivity contribution is 0.208. The van der Waals surface area contributed by atoms with Crippen molar-refractivity contribution in [2.45, 2.75) is 53.1 Å². The van der Waals surface area contributed by atoms with Crippen LogP contribution in [0.4, 0.5) is 11.6 Å². The standard InChI is InChI=1S/C14H26N4O/c1-7-15-11-10(3)12(16-8-9(2)19)18-13(17-11)14(4,5)6/h9,19H,7-8H2,1-6H3,(H2,15,16,17,18). The molecule has 0 aliphatic carbocycles. The maximum absolute atomic E-state index is 9.38. The second-order valence-electron chi connectivity index (χ2n) is 5.88. The fraction of sp³-hybridized carbons (Fsp3) is 0.714. The second-order valence-corrected chi connectivity index (χ2v) is 5.88. The summed E-state index contributed by atoms with van der Waals surface area (Å²) in [5.74, 6) is 2.44. The van der Waals surface area contributed by atoms with Gasteiger partial charge in [0.15, 0.2) is 0 Å². The van der Waals surface area contributed by atoms with Gasteiger partial charge in [-0.25, -0.2) is 9.97 Å². The predicted molar refractivity (Wildman–Crippen MR) is 79.8 cm³/mol. The zero-order valence-corrected chi connectivity index (χ0v) is 12.8. The van der Waals surface area contributed by atoms with Gasteiger partial charge in [0.1, 0.15) is 17.5 Å². The van der Waals surface area contributed by atoms with Crippen LogP contribution in [0.5, 0.6) is 0 Å². The molecule has 1 rings (SSSR count). The van der Waals surface area contributed by atoms with Crippen molar-refractivity contribution in [1.29, 1.82) is 0 Å². The third-order valence-electron chi connectivity index (χ3n) is 2.73. The Bertz CT molecular complexity index is 424. The number of nitrogens with zero attached hydrogens (tertiary/aromatic N) is 2. The molecule has 1 atom stereocenters. The average Bonchev–Trinajstić information content (AvgIpc) is 2.28. The molecule has 0 bridgehead atoms. The molecular formula is C14H26N4O. The lowest BCUT2D eigenvalue weighted by atomic mass is 9.95. The SMILES string of the molecule is CCNc1nc(C(C)(C)C)nc(NCC(C)O)c1C. The highest BCUT2D eigenvalue weighted by Gasteiger charge is 2.21. The van der Waals surface area contributed by atoms with Gasteiger partial charge in [-0.05, 0) is 20.8 Å². The molecule has 5 heteroatoms. The Balaban J connectivity index is 3.16. The van der Waals surface area contributed by atoms with Crippen molar-refractivity contribution in [3.63, 3.8) is 0 Å². The first-order chi connectivity index (χ1) is 8.75. The Morgan fingerprint density at radius 1 is 1.16 bits per heavy atom. The van der Waals surface area contributed by atoms with Gasteiger partial charge < -0.3 is 15.7 Å². The Morgan fingerprint density at radius 2 is 1.68 bits per heavy atom. The number of hydrogen-bond acceptors (Lipinski definition) is 5. The highest BCUT2D eigenvalue weighted by molar-refractivity contribution is 5.57. The Hall–Kier alpha value is -1.36. The summed E-state index contributed by atoms with van der Waals surface area (Å²) in [6.45, 7) is 13.3. The predicted octanol–water partition coefficient (Wildman–Crippen LogP) is 2.31. The van der Waals surface area contributed by atoms with Crippen LogP contribution in [0.25, 0.3) is 0 Å². The van der Waals surface area contributed by atoms with Gasteiger partial charge in [-0.15, -0.1) is 0 Å². The van der Waals surface area contributed by atoms with Crippen LogP contribution in [-0.4, -0.2) is 34.3 Å². The minimum absolute atomic E-state index is 0.112. The van der Waals surface area contributed by atoms with Crippen LogP contribution < -0.4 is 10.6 Å². The molecule has 0 fully saturated rings. The van der Waals surface area contributed by atoms with Crippen molar-refractivity contribution in [3.05, 3.63) is 11.4 Å². The lowest BCUT2D eigenvalue weighted by Crippen LogP contribution is -2.22. The fourth-order valence-corrected chi connectivity index (χ4v) is 1.61. The topological polar surface area (TPSA) is 70.1 Å². The van der Waals surface area contributed by atoms with E-state index in [4.69, 9.17) is 0 Å². The summed E-state index contributed by atoms with van der Waals surface area (Å²) < 4.78 is 0. The van der Waals surface area contributed by atoms with Crippen molar-refractivity contribution in [2.75, 3.05) is 23.7 Å². The summed E-state index contributed by atoms with van der Waals surface area (Å²) >= 11 is 0. The van der Waals surface area contributed by atoms with Gasteiger partial charge in [0.05, 0.1) is 6.10 Å². The van der Waals surface area contributed by atoms with Gasteiger partial charge in [0.2, 0.25) is 0 Å². The molecule has 1 aromatic heterocycles. The molecular weight excluding hydrogens is 240 g/mol. The smallest absolute Gasteiger partial charge is 0.138 e. The van der Waals surface area contributed by atoms with Crippen molar-refractivity contribution in [1.82, 2.24) is 9.97 Å². The van der Waals surface area contributed by atoms with Gasteiger partial charge in [-0.2, -0.15) is 0 Å². The van der Waals surface area contributed by atoms with E-state index in [0.29, 0.717) is 6.54 Å². The number of aliphatic hydroxyl groups is 1. The van der Waals surface area contributed by atoms with E-state index in [1.54, 1.807) is 6.92 Å². The molecule has 0 saturated heterocycles. The molecule has 0 aliphatic rings. The zero-order chi connectivity index (χ0) is 14.6. The largest absolute Gasteiger partial charge is 0.392 e. The van der Waals surface area contributed by atoms with E-state index in [0.717, 1.165) is 29.6 Å². The number of rotatable bonds is 5. The Kier molecular flexibility index (Phi) is 5.11. The van der Waals surface area contributed by atoms with Crippen molar-refractivity contribution in [2.24, 2.45) is 0 Å². The molecule has 0 radical (unpaired) electrons. The summed E-state index contributed by atoms with van der Waals surface area (Å²) in [4.78, 5) is 9.18. The third-order valence-corrected chi connectivity index (χ3v) is 2.73. The lowest BCUT2D eigenvalue weighted by Gasteiger charge is -2.21. The number of aliphatic hydroxyl groups excluding tert-OH is 1. The summed E-state index contributed by atoms with van der Waals surface area (Å²) in [6.07, 6.45) is -0.407. The molecule has 1 unspecified atom stereocenters. The van der Waals surface area contributed by atoms with Crippen molar-refractivity contribution >= 4 is 11.6 Å². The number of aromatic nitrogens is 2. The van der Waals surface area contributed by atoms with E-state index in [-0.39, 0.29) is 5.41 Å². The van der Waals surface area contributed by atoms with Gasteiger partial charge in [0.25, 0.3) is 0 Å². The summed E-state index contributed by atoms with van der Waals surface area (Å²) in [5, 5.41) is 15.8. The first kappa shape index (κ1) is 15.7. The van der Waals surface area contributed by atoms with E-state index in [9.17, 15) is 5.11 Å². The number of hydrogen-bond donors (Lipinski definition) is 3. The van der Waals surface area contributed by atoms with Gasteiger partial charge in [-0.3, -0.25) is 0 Å². The molecule has 5 nitrogen and oxygen atoms in total. The maximum Gasteiger partial charge on any atom is 0.138 e. The molecule has 3 N–H and O–H groups in total. The fourth-order valence-electron chi connectivity index (χ4n) is 1.61. The van der Waals surface area contributed by atoms with Gasteiger partial charge >= 0.3 is 0 Å². The maximum atomic E-state index is 9.38. The quantitative estimate of drug-likeness (QED) is 0.763. The zero-order valence-electron chi connectivity index (χ0n) is 12.8. The van der Waals surface area contributed by atoms with Crippen LogP contribution in [0.3, 0.4) is 0 Å². The van der Waals surface area contributed by atoms with Crippen molar-refractivity contribution in [3.8, 4) is 0 Å². The summed E-state index contributed by atoms with van der Waals surface area (Å²) in [7, 11) is 0. The molecule has 0 saturated carbocycles. The normalized spacial score (nSPS) is 13.2. The molecule has 19 heavy (non-hydrogen) atoms. The second kappa shape index (κ2) is 6.19. The highest BCUT2D eigenvalue weighted by Crippen LogP contribution is 2.26.